The van der Waals surface area contributed by atoms with Gasteiger partial charge in [-0.3, -0.25) is 4.90 Å². The largest absolute Gasteiger partial charge is 0.378 e. The lowest BCUT2D eigenvalue weighted by Crippen LogP contribution is -2.45. The Bertz CT molecular complexity index is 399. The smallest absolute Gasteiger partial charge is 0.0622 e. The van der Waals surface area contributed by atoms with Gasteiger partial charge in [-0.1, -0.05) is 36.7 Å². The predicted molar refractivity (Wildman–Crippen MR) is 79.5 cm³/mol. The zero-order valence-corrected chi connectivity index (χ0v) is 12.3. The highest BCUT2D eigenvalue weighted by atomic mass is 35.5. The monoisotopic (exact) mass is 282 g/mol. The Morgan fingerprint density at radius 2 is 2.26 bits per heavy atom. The number of morpholine rings is 1. The van der Waals surface area contributed by atoms with E-state index in [0.29, 0.717) is 6.04 Å². The summed E-state index contributed by atoms with van der Waals surface area (Å²) in [4.78, 5) is 2.49. The van der Waals surface area contributed by atoms with Crippen LogP contribution in [0.25, 0.3) is 0 Å². The van der Waals surface area contributed by atoms with E-state index in [2.05, 4.69) is 11.8 Å². The van der Waals surface area contributed by atoms with Gasteiger partial charge in [0.05, 0.1) is 13.2 Å². The Morgan fingerprint density at radius 3 is 3.00 bits per heavy atom. The molecule has 0 spiro atoms. The number of hydrogen-bond acceptors (Lipinski definition) is 3. The van der Waals surface area contributed by atoms with Gasteiger partial charge in [-0.25, -0.2) is 0 Å². The predicted octanol–water partition coefficient (Wildman–Crippen LogP) is 2.84. The van der Waals surface area contributed by atoms with Crippen LogP contribution < -0.4 is 5.73 Å². The maximum Gasteiger partial charge on any atom is 0.0622 e. The van der Waals surface area contributed by atoms with Crippen molar-refractivity contribution in [1.82, 2.24) is 4.90 Å². The van der Waals surface area contributed by atoms with Gasteiger partial charge in [-0.05, 0) is 24.5 Å². The lowest BCUT2D eigenvalue weighted by atomic mass is 10.0. The fraction of sp³-hybridized carbons (Fsp3) is 0.600. The molecule has 0 bridgehead atoms. The quantitative estimate of drug-likeness (QED) is 0.902. The molecule has 0 aliphatic carbocycles. The van der Waals surface area contributed by atoms with Gasteiger partial charge in [0.25, 0.3) is 0 Å². The fourth-order valence-electron chi connectivity index (χ4n) is 2.60. The first kappa shape index (κ1) is 14.8. The molecule has 1 aliphatic heterocycles. The van der Waals surface area contributed by atoms with Gasteiger partial charge in [0, 0.05) is 30.2 Å². The van der Waals surface area contributed by atoms with Crippen LogP contribution in [0.15, 0.2) is 24.3 Å². The molecular formula is C15H23ClN2O. The van der Waals surface area contributed by atoms with E-state index in [1.54, 1.807) is 0 Å². The van der Waals surface area contributed by atoms with Crippen molar-refractivity contribution in [2.24, 2.45) is 5.73 Å². The molecule has 1 aliphatic rings. The number of ether oxygens (including phenoxy) is 1. The summed E-state index contributed by atoms with van der Waals surface area (Å²) in [5.74, 6) is 0. The van der Waals surface area contributed by atoms with Gasteiger partial charge in [-0.2, -0.15) is 0 Å². The number of hydrogen-bond donors (Lipinski definition) is 1. The van der Waals surface area contributed by atoms with Crippen LogP contribution >= 0.6 is 11.6 Å². The standard InChI is InChI=1S/C15H23ClN2O/c1-2-12-11-19-10-9-18(12)8-7-15(17)13-5-3-4-6-14(13)16/h3-6,12,15H,2,7-11,17H2,1H3. The van der Waals surface area contributed by atoms with Crippen molar-refractivity contribution in [1.29, 1.82) is 0 Å². The molecule has 1 aromatic rings. The summed E-state index contributed by atoms with van der Waals surface area (Å²) in [5, 5.41) is 0.768. The van der Waals surface area contributed by atoms with Crippen LogP contribution in [0.2, 0.25) is 5.02 Å². The van der Waals surface area contributed by atoms with Gasteiger partial charge in [0.2, 0.25) is 0 Å². The zero-order valence-electron chi connectivity index (χ0n) is 11.5. The molecule has 19 heavy (non-hydrogen) atoms. The number of rotatable bonds is 5. The van der Waals surface area contributed by atoms with Crippen LogP contribution in [-0.4, -0.2) is 37.2 Å². The second-order valence-corrected chi connectivity index (χ2v) is 5.50. The Balaban J connectivity index is 1.89. The molecule has 0 saturated carbocycles. The number of halogens is 1. The van der Waals surface area contributed by atoms with Gasteiger partial charge in [0.15, 0.2) is 0 Å². The minimum atomic E-state index is 0.00838. The van der Waals surface area contributed by atoms with E-state index < -0.39 is 0 Å². The SMILES string of the molecule is CCC1COCCN1CCC(N)c1ccccc1Cl. The molecule has 4 heteroatoms. The summed E-state index contributed by atoms with van der Waals surface area (Å²) in [6, 6.07) is 8.39. The van der Waals surface area contributed by atoms with Crippen molar-refractivity contribution in [3.8, 4) is 0 Å². The number of benzene rings is 1. The molecule has 1 saturated heterocycles. The van der Waals surface area contributed by atoms with E-state index in [0.717, 1.165) is 49.7 Å². The summed E-state index contributed by atoms with van der Waals surface area (Å²) < 4.78 is 5.52. The topological polar surface area (TPSA) is 38.5 Å². The minimum absolute atomic E-state index is 0.00838. The molecule has 1 aromatic carbocycles. The third-order valence-corrected chi connectivity index (χ3v) is 4.20. The highest BCUT2D eigenvalue weighted by Crippen LogP contribution is 2.24. The second-order valence-electron chi connectivity index (χ2n) is 5.09. The first-order valence-electron chi connectivity index (χ1n) is 7.04. The molecule has 2 atom stereocenters. The van der Waals surface area contributed by atoms with Crippen LogP contribution in [0.5, 0.6) is 0 Å². The molecule has 0 radical (unpaired) electrons. The van der Waals surface area contributed by atoms with Crippen molar-refractivity contribution >= 4 is 11.6 Å². The van der Waals surface area contributed by atoms with Gasteiger partial charge >= 0.3 is 0 Å². The first-order valence-corrected chi connectivity index (χ1v) is 7.42. The van der Waals surface area contributed by atoms with Crippen LogP contribution in [0.1, 0.15) is 31.4 Å². The van der Waals surface area contributed by atoms with Gasteiger partial charge < -0.3 is 10.5 Å². The molecule has 0 amide bonds. The molecule has 2 rings (SSSR count). The summed E-state index contributed by atoms with van der Waals surface area (Å²) in [6.07, 6.45) is 2.06. The normalized spacial score (nSPS) is 22.4. The van der Waals surface area contributed by atoms with E-state index in [9.17, 15) is 0 Å². The summed E-state index contributed by atoms with van der Waals surface area (Å²) in [5.41, 5.74) is 7.30. The molecular weight excluding hydrogens is 260 g/mol. The van der Waals surface area contributed by atoms with Gasteiger partial charge in [-0.15, -0.1) is 0 Å². The van der Waals surface area contributed by atoms with Crippen molar-refractivity contribution in [2.45, 2.75) is 31.8 Å². The maximum absolute atomic E-state index is 6.26. The lowest BCUT2D eigenvalue weighted by molar-refractivity contribution is -0.00964. The highest BCUT2D eigenvalue weighted by Gasteiger charge is 2.22. The van der Waals surface area contributed by atoms with Crippen molar-refractivity contribution in [3.63, 3.8) is 0 Å². The lowest BCUT2D eigenvalue weighted by Gasteiger charge is -2.35. The molecule has 0 aromatic heterocycles. The van der Waals surface area contributed by atoms with Crippen LogP contribution in [0.3, 0.4) is 0 Å². The average Bonchev–Trinajstić information content (AvgIpc) is 2.45. The van der Waals surface area contributed by atoms with Crippen LogP contribution in [0.4, 0.5) is 0 Å². The molecule has 1 heterocycles. The van der Waals surface area contributed by atoms with Crippen molar-refractivity contribution in [3.05, 3.63) is 34.9 Å². The third-order valence-electron chi connectivity index (χ3n) is 3.85. The molecule has 2 N–H and O–H groups in total. The minimum Gasteiger partial charge on any atom is -0.378 e. The summed E-state index contributed by atoms with van der Waals surface area (Å²) in [6.45, 7) is 5.90. The summed E-state index contributed by atoms with van der Waals surface area (Å²) >= 11 is 6.18. The Kier molecular flexibility index (Phi) is 5.64. The molecule has 2 unspecified atom stereocenters. The fourth-order valence-corrected chi connectivity index (χ4v) is 2.87. The zero-order chi connectivity index (χ0) is 13.7. The van der Waals surface area contributed by atoms with Crippen LogP contribution in [-0.2, 0) is 4.74 Å². The van der Waals surface area contributed by atoms with E-state index in [-0.39, 0.29) is 6.04 Å². The average molecular weight is 283 g/mol. The number of nitrogens with two attached hydrogens (primary N) is 1. The van der Waals surface area contributed by atoms with Crippen molar-refractivity contribution < 1.29 is 4.74 Å². The third kappa shape index (κ3) is 3.93. The Labute approximate surface area is 120 Å². The van der Waals surface area contributed by atoms with E-state index in [1.165, 1.54) is 0 Å². The molecule has 106 valence electrons. The molecule has 1 fully saturated rings. The Morgan fingerprint density at radius 1 is 1.47 bits per heavy atom. The highest BCUT2D eigenvalue weighted by molar-refractivity contribution is 6.31. The van der Waals surface area contributed by atoms with E-state index in [4.69, 9.17) is 22.1 Å². The molecule has 3 nitrogen and oxygen atoms in total. The van der Waals surface area contributed by atoms with Gasteiger partial charge in [0.1, 0.15) is 0 Å². The van der Waals surface area contributed by atoms with Crippen LogP contribution in [0, 0.1) is 0 Å². The Hall–Kier alpha value is -0.610. The number of nitrogens with zero attached hydrogens (tertiary/aromatic N) is 1. The second kappa shape index (κ2) is 7.25. The summed E-state index contributed by atoms with van der Waals surface area (Å²) in [7, 11) is 0. The maximum atomic E-state index is 6.26. The van der Waals surface area contributed by atoms with Crippen molar-refractivity contribution in [2.75, 3.05) is 26.3 Å². The first-order chi connectivity index (χ1) is 9.22. The van der Waals surface area contributed by atoms with E-state index in [1.807, 2.05) is 24.3 Å². The van der Waals surface area contributed by atoms with E-state index >= 15 is 0 Å².